The summed E-state index contributed by atoms with van der Waals surface area (Å²) in [5.74, 6) is 0.706. The molecule has 0 bridgehead atoms. The zero-order chi connectivity index (χ0) is 19.3. The molecule has 4 aromatic rings. The van der Waals surface area contributed by atoms with E-state index < -0.39 is 0 Å². The molecule has 0 saturated carbocycles. The molecule has 2 aromatic heterocycles. The normalized spacial score (nSPS) is 10.8. The van der Waals surface area contributed by atoms with Gasteiger partial charge in [-0.05, 0) is 41.5 Å². The highest BCUT2D eigenvalue weighted by atomic mass is 16.5. The molecule has 0 unspecified atom stereocenters. The van der Waals surface area contributed by atoms with Gasteiger partial charge in [-0.25, -0.2) is 0 Å². The molecule has 140 valence electrons. The predicted molar refractivity (Wildman–Crippen MR) is 111 cm³/mol. The molecule has 28 heavy (non-hydrogen) atoms. The molecule has 0 spiro atoms. The van der Waals surface area contributed by atoms with Crippen molar-refractivity contribution in [1.82, 2.24) is 9.97 Å². The molecule has 2 aromatic carbocycles. The van der Waals surface area contributed by atoms with Crippen LogP contribution < -0.4 is 10.1 Å². The fourth-order valence-electron chi connectivity index (χ4n) is 3.36. The summed E-state index contributed by atoms with van der Waals surface area (Å²) >= 11 is 0. The van der Waals surface area contributed by atoms with Gasteiger partial charge in [-0.15, -0.1) is 0 Å². The van der Waals surface area contributed by atoms with Gasteiger partial charge in [0.15, 0.2) is 0 Å². The molecule has 2 heterocycles. The molecule has 4 rings (SSSR count). The van der Waals surface area contributed by atoms with Gasteiger partial charge in [-0.1, -0.05) is 30.3 Å². The molecule has 1 amide bonds. The number of hydrogen-bond acceptors (Lipinski definition) is 3. The van der Waals surface area contributed by atoms with Crippen LogP contribution in [0.25, 0.3) is 10.9 Å². The summed E-state index contributed by atoms with van der Waals surface area (Å²) < 4.78 is 5.38. The average molecular weight is 371 g/mol. The van der Waals surface area contributed by atoms with E-state index in [1.54, 1.807) is 31.6 Å². The van der Waals surface area contributed by atoms with Crippen molar-refractivity contribution in [3.63, 3.8) is 0 Å². The van der Waals surface area contributed by atoms with Crippen LogP contribution in [-0.4, -0.2) is 23.0 Å². The Bertz CT molecular complexity index is 1090. The summed E-state index contributed by atoms with van der Waals surface area (Å²) in [5.41, 5.74) is 4.96. The first-order valence-electron chi connectivity index (χ1n) is 9.14. The highest BCUT2D eigenvalue weighted by molar-refractivity contribution is 5.96. The standard InChI is InChI=1S/C23H21N3O2/c1-28-18-7-8-21-19(14-18)20(15-23(27)25-17-9-11-24-12-10-17)22(26-21)13-16-5-3-2-4-6-16/h2-12,14,26H,13,15H2,1H3,(H,24,25,27). The van der Waals surface area contributed by atoms with Crippen molar-refractivity contribution in [2.75, 3.05) is 12.4 Å². The minimum absolute atomic E-state index is 0.0655. The summed E-state index contributed by atoms with van der Waals surface area (Å²) in [7, 11) is 1.65. The SMILES string of the molecule is COc1ccc2[nH]c(Cc3ccccc3)c(CC(=O)Nc3ccncc3)c2c1. The Morgan fingerprint density at radius 3 is 2.61 bits per heavy atom. The molecule has 5 nitrogen and oxygen atoms in total. The third kappa shape index (κ3) is 3.88. The number of aromatic amines is 1. The number of methoxy groups -OCH3 is 1. The molecule has 0 aliphatic rings. The first-order chi connectivity index (χ1) is 13.7. The maximum atomic E-state index is 12.7. The molecule has 2 N–H and O–H groups in total. The number of nitrogens with zero attached hydrogens (tertiary/aromatic N) is 1. The Kier molecular flexibility index (Phi) is 5.06. The highest BCUT2D eigenvalue weighted by Gasteiger charge is 2.16. The smallest absolute Gasteiger partial charge is 0.228 e. The zero-order valence-corrected chi connectivity index (χ0v) is 15.6. The molecule has 5 heteroatoms. The quantitative estimate of drug-likeness (QED) is 0.530. The van der Waals surface area contributed by atoms with Crippen molar-refractivity contribution in [3.05, 3.63) is 89.9 Å². The van der Waals surface area contributed by atoms with Crippen LogP contribution in [0, 0.1) is 0 Å². The van der Waals surface area contributed by atoms with E-state index in [0.29, 0.717) is 0 Å². The van der Waals surface area contributed by atoms with Gasteiger partial charge in [-0.3, -0.25) is 9.78 Å². The van der Waals surface area contributed by atoms with Gasteiger partial charge < -0.3 is 15.0 Å². The van der Waals surface area contributed by atoms with Gasteiger partial charge >= 0.3 is 0 Å². The van der Waals surface area contributed by atoms with E-state index in [9.17, 15) is 4.79 Å². The Morgan fingerprint density at radius 2 is 1.86 bits per heavy atom. The number of H-pyrrole nitrogens is 1. The Balaban J connectivity index is 1.68. The number of nitrogens with one attached hydrogen (secondary N) is 2. The first kappa shape index (κ1) is 17.8. The van der Waals surface area contributed by atoms with E-state index >= 15 is 0 Å². The van der Waals surface area contributed by atoms with Crippen LogP contribution in [0.2, 0.25) is 0 Å². The van der Waals surface area contributed by atoms with Crippen LogP contribution in [0.3, 0.4) is 0 Å². The lowest BCUT2D eigenvalue weighted by Crippen LogP contribution is -2.15. The van der Waals surface area contributed by atoms with Crippen LogP contribution in [0.5, 0.6) is 5.75 Å². The summed E-state index contributed by atoms with van der Waals surface area (Å²) in [6.07, 6.45) is 4.33. The highest BCUT2D eigenvalue weighted by Crippen LogP contribution is 2.29. The fourth-order valence-corrected chi connectivity index (χ4v) is 3.36. The van der Waals surface area contributed by atoms with Gasteiger partial charge in [0.25, 0.3) is 0 Å². The molecule has 0 fully saturated rings. The minimum Gasteiger partial charge on any atom is -0.497 e. The predicted octanol–water partition coefficient (Wildman–Crippen LogP) is 4.34. The van der Waals surface area contributed by atoms with Gasteiger partial charge in [0.05, 0.1) is 13.5 Å². The number of pyridine rings is 1. The Morgan fingerprint density at radius 1 is 1.07 bits per heavy atom. The van der Waals surface area contributed by atoms with Gasteiger partial charge in [0.2, 0.25) is 5.91 Å². The van der Waals surface area contributed by atoms with Crippen LogP contribution >= 0.6 is 0 Å². The van der Waals surface area contributed by atoms with Crippen molar-refractivity contribution < 1.29 is 9.53 Å². The minimum atomic E-state index is -0.0655. The maximum Gasteiger partial charge on any atom is 0.228 e. The van der Waals surface area contributed by atoms with E-state index in [2.05, 4.69) is 27.4 Å². The molecule has 0 aliphatic carbocycles. The number of benzene rings is 2. The van der Waals surface area contributed by atoms with E-state index in [1.807, 2.05) is 36.4 Å². The van der Waals surface area contributed by atoms with Crippen LogP contribution in [0.4, 0.5) is 5.69 Å². The Labute approximate surface area is 163 Å². The number of aromatic nitrogens is 2. The van der Waals surface area contributed by atoms with Gasteiger partial charge in [0.1, 0.15) is 5.75 Å². The molecule has 0 atom stereocenters. The third-order valence-electron chi connectivity index (χ3n) is 4.73. The second-order valence-corrected chi connectivity index (χ2v) is 6.62. The van der Waals surface area contributed by atoms with Crippen LogP contribution in [-0.2, 0) is 17.6 Å². The molecular weight excluding hydrogens is 350 g/mol. The molecule has 0 saturated heterocycles. The topological polar surface area (TPSA) is 67.0 Å². The molecule has 0 radical (unpaired) electrons. The first-order valence-corrected chi connectivity index (χ1v) is 9.14. The van der Waals surface area contributed by atoms with Crippen molar-refractivity contribution in [3.8, 4) is 5.75 Å². The van der Waals surface area contributed by atoms with Gasteiger partial charge in [0, 0.05) is 41.1 Å². The number of anilines is 1. The molecule has 0 aliphatic heterocycles. The number of amides is 1. The summed E-state index contributed by atoms with van der Waals surface area (Å²) in [6, 6.07) is 19.7. The lowest BCUT2D eigenvalue weighted by atomic mass is 10.0. The summed E-state index contributed by atoms with van der Waals surface area (Å²) in [5, 5.41) is 3.95. The van der Waals surface area contributed by atoms with Gasteiger partial charge in [-0.2, -0.15) is 0 Å². The zero-order valence-electron chi connectivity index (χ0n) is 15.6. The average Bonchev–Trinajstić information content (AvgIpc) is 3.05. The lowest BCUT2D eigenvalue weighted by molar-refractivity contribution is -0.115. The summed E-state index contributed by atoms with van der Waals surface area (Å²) in [6.45, 7) is 0. The number of fused-ring (bicyclic) bond motifs is 1. The van der Waals surface area contributed by atoms with Crippen molar-refractivity contribution in [2.24, 2.45) is 0 Å². The second-order valence-electron chi connectivity index (χ2n) is 6.62. The fraction of sp³-hybridized carbons (Fsp3) is 0.130. The van der Waals surface area contributed by atoms with Crippen molar-refractivity contribution in [1.29, 1.82) is 0 Å². The monoisotopic (exact) mass is 371 g/mol. The van der Waals surface area contributed by atoms with E-state index in [1.165, 1.54) is 5.56 Å². The summed E-state index contributed by atoms with van der Waals surface area (Å²) in [4.78, 5) is 20.2. The van der Waals surface area contributed by atoms with E-state index in [-0.39, 0.29) is 12.3 Å². The molecular formula is C23H21N3O2. The van der Waals surface area contributed by atoms with E-state index in [4.69, 9.17) is 4.74 Å². The Hall–Kier alpha value is -3.60. The van der Waals surface area contributed by atoms with Crippen molar-refractivity contribution in [2.45, 2.75) is 12.8 Å². The number of hydrogen-bond donors (Lipinski definition) is 2. The lowest BCUT2D eigenvalue weighted by Gasteiger charge is -2.08. The number of ether oxygens (including phenoxy) is 1. The third-order valence-corrected chi connectivity index (χ3v) is 4.73. The maximum absolute atomic E-state index is 12.7. The van der Waals surface area contributed by atoms with Crippen LogP contribution in [0.1, 0.15) is 16.8 Å². The number of carbonyl (C=O) groups is 1. The second kappa shape index (κ2) is 7.96. The number of rotatable bonds is 6. The van der Waals surface area contributed by atoms with E-state index in [0.717, 1.165) is 40.0 Å². The van der Waals surface area contributed by atoms with Crippen molar-refractivity contribution >= 4 is 22.5 Å². The number of carbonyl (C=O) groups excluding carboxylic acids is 1. The van der Waals surface area contributed by atoms with Crippen LogP contribution in [0.15, 0.2) is 73.1 Å². The largest absolute Gasteiger partial charge is 0.497 e.